The Kier molecular flexibility index (Phi) is 8.76. The second-order valence-electron chi connectivity index (χ2n) is 7.99. The topological polar surface area (TPSA) is 73.2 Å². The molecule has 0 unspecified atom stereocenters. The monoisotopic (exact) mass is 599 g/mol. The highest BCUT2D eigenvalue weighted by atomic mass is 79.9. The third-order valence-corrected chi connectivity index (χ3v) is 8.07. The number of nitriles is 1. The molecule has 1 atom stereocenters. The third kappa shape index (κ3) is 6.13. The SMILES string of the molecule is N#C/C(C(=O)NCCc1ccccc1)=C1/S[C@@H](Cc2ccc(Cl)c(Cl)c2)C(=O)N1c1ccc(Br)cc1. The van der Waals surface area contributed by atoms with Crippen LogP contribution in [0.1, 0.15) is 11.1 Å². The summed E-state index contributed by atoms with van der Waals surface area (Å²) in [5.74, 6) is -0.728. The molecule has 1 N–H and O–H groups in total. The molecule has 0 aliphatic carbocycles. The molecule has 3 aromatic carbocycles. The first-order valence-electron chi connectivity index (χ1n) is 11.0. The number of hydrogen-bond acceptors (Lipinski definition) is 4. The van der Waals surface area contributed by atoms with Crippen LogP contribution in [0, 0.1) is 11.3 Å². The molecule has 1 aliphatic heterocycles. The van der Waals surface area contributed by atoms with Gasteiger partial charge in [-0.1, -0.05) is 87.3 Å². The first-order chi connectivity index (χ1) is 17.4. The summed E-state index contributed by atoms with van der Waals surface area (Å²) in [5.41, 5.74) is 2.39. The zero-order chi connectivity index (χ0) is 25.7. The summed E-state index contributed by atoms with van der Waals surface area (Å²) in [6.45, 7) is 0.366. The molecule has 36 heavy (non-hydrogen) atoms. The van der Waals surface area contributed by atoms with Gasteiger partial charge in [0.1, 0.15) is 16.7 Å². The summed E-state index contributed by atoms with van der Waals surface area (Å²) in [6.07, 6.45) is 0.994. The minimum absolute atomic E-state index is 0.0963. The van der Waals surface area contributed by atoms with Gasteiger partial charge in [-0.05, 0) is 60.4 Å². The molecular weight excluding hydrogens is 581 g/mol. The lowest BCUT2D eigenvalue weighted by molar-refractivity contribution is -0.117. The number of nitrogens with zero attached hydrogens (tertiary/aromatic N) is 2. The Morgan fingerprint density at radius 3 is 2.42 bits per heavy atom. The molecule has 5 nitrogen and oxygen atoms in total. The van der Waals surface area contributed by atoms with Crippen molar-refractivity contribution in [1.82, 2.24) is 5.32 Å². The number of anilines is 1. The van der Waals surface area contributed by atoms with Crippen LogP contribution in [0.4, 0.5) is 5.69 Å². The molecule has 0 bridgehead atoms. The number of amides is 2. The predicted molar refractivity (Wildman–Crippen MR) is 149 cm³/mol. The summed E-state index contributed by atoms with van der Waals surface area (Å²) in [4.78, 5) is 28.1. The van der Waals surface area contributed by atoms with Crippen LogP contribution in [0.15, 0.2) is 87.9 Å². The average Bonchev–Trinajstić information content (AvgIpc) is 3.18. The fraction of sp³-hybridized carbons (Fsp3) is 0.148. The van der Waals surface area contributed by atoms with Crippen molar-refractivity contribution in [2.24, 2.45) is 0 Å². The highest BCUT2D eigenvalue weighted by molar-refractivity contribution is 9.10. The molecule has 9 heteroatoms. The largest absolute Gasteiger partial charge is 0.351 e. The van der Waals surface area contributed by atoms with Gasteiger partial charge in [-0.3, -0.25) is 14.5 Å². The first-order valence-corrected chi connectivity index (χ1v) is 13.5. The Balaban J connectivity index is 1.62. The van der Waals surface area contributed by atoms with Crippen molar-refractivity contribution in [1.29, 1.82) is 5.26 Å². The van der Waals surface area contributed by atoms with Crippen molar-refractivity contribution in [3.05, 3.63) is 109 Å². The van der Waals surface area contributed by atoms with E-state index in [1.165, 1.54) is 16.7 Å². The predicted octanol–water partition coefficient (Wildman–Crippen LogP) is 6.54. The maximum atomic E-state index is 13.6. The van der Waals surface area contributed by atoms with E-state index in [9.17, 15) is 14.9 Å². The molecule has 3 aromatic rings. The van der Waals surface area contributed by atoms with E-state index in [1.54, 1.807) is 24.3 Å². The smallest absolute Gasteiger partial charge is 0.264 e. The Hall–Kier alpha value is -2.76. The summed E-state index contributed by atoms with van der Waals surface area (Å²) in [6, 6.07) is 24.2. The fourth-order valence-corrected chi connectivity index (χ4v) is 5.64. The van der Waals surface area contributed by atoms with Crippen LogP contribution in [-0.2, 0) is 22.4 Å². The number of carbonyl (C=O) groups is 2. The first kappa shape index (κ1) is 26.3. The van der Waals surface area contributed by atoms with Crippen molar-refractivity contribution < 1.29 is 9.59 Å². The molecule has 0 saturated carbocycles. The summed E-state index contributed by atoms with van der Waals surface area (Å²) >= 11 is 16.8. The van der Waals surface area contributed by atoms with Gasteiger partial charge in [-0.15, -0.1) is 0 Å². The molecule has 2 amide bonds. The maximum absolute atomic E-state index is 13.6. The summed E-state index contributed by atoms with van der Waals surface area (Å²) in [7, 11) is 0. The number of halogens is 3. The van der Waals surface area contributed by atoms with Crippen molar-refractivity contribution in [2.45, 2.75) is 18.1 Å². The number of carbonyl (C=O) groups excluding carboxylic acids is 2. The van der Waals surface area contributed by atoms with Crippen molar-refractivity contribution in [3.63, 3.8) is 0 Å². The molecule has 0 aromatic heterocycles. The van der Waals surface area contributed by atoms with Crippen LogP contribution in [0.25, 0.3) is 0 Å². The van der Waals surface area contributed by atoms with E-state index in [2.05, 4.69) is 21.2 Å². The highest BCUT2D eigenvalue weighted by Crippen LogP contribution is 2.42. The minimum atomic E-state index is -0.540. The van der Waals surface area contributed by atoms with Gasteiger partial charge < -0.3 is 5.32 Å². The lowest BCUT2D eigenvalue weighted by Gasteiger charge is -2.19. The van der Waals surface area contributed by atoms with Gasteiger partial charge >= 0.3 is 0 Å². The van der Waals surface area contributed by atoms with Crippen LogP contribution < -0.4 is 10.2 Å². The number of rotatable bonds is 7. The zero-order valence-electron chi connectivity index (χ0n) is 18.9. The van der Waals surface area contributed by atoms with E-state index in [0.717, 1.165) is 15.6 Å². The maximum Gasteiger partial charge on any atom is 0.264 e. The molecule has 1 aliphatic rings. The fourth-order valence-electron chi connectivity index (χ4n) is 3.75. The molecule has 0 spiro atoms. The van der Waals surface area contributed by atoms with Crippen LogP contribution in [0.5, 0.6) is 0 Å². The average molecular weight is 601 g/mol. The van der Waals surface area contributed by atoms with Gasteiger partial charge in [0.05, 0.1) is 15.3 Å². The molecular formula is C27H20BrCl2N3O2S. The Bertz CT molecular complexity index is 1360. The van der Waals surface area contributed by atoms with Crippen molar-refractivity contribution in [2.75, 3.05) is 11.4 Å². The Morgan fingerprint density at radius 1 is 1.03 bits per heavy atom. The molecule has 182 valence electrons. The molecule has 1 heterocycles. The lowest BCUT2D eigenvalue weighted by atomic mass is 10.1. The van der Waals surface area contributed by atoms with Gasteiger partial charge in [0.2, 0.25) is 5.91 Å². The van der Waals surface area contributed by atoms with E-state index in [0.29, 0.717) is 40.1 Å². The van der Waals surface area contributed by atoms with E-state index >= 15 is 0 Å². The number of hydrogen-bond donors (Lipinski definition) is 1. The van der Waals surface area contributed by atoms with Crippen LogP contribution in [0.2, 0.25) is 10.0 Å². The van der Waals surface area contributed by atoms with Crippen molar-refractivity contribution in [3.8, 4) is 6.07 Å². The third-order valence-electron chi connectivity index (χ3n) is 5.54. The summed E-state index contributed by atoms with van der Waals surface area (Å²) < 4.78 is 0.850. The van der Waals surface area contributed by atoms with E-state index in [4.69, 9.17) is 23.2 Å². The molecule has 1 fully saturated rings. The van der Waals surface area contributed by atoms with E-state index < -0.39 is 11.2 Å². The van der Waals surface area contributed by atoms with Crippen molar-refractivity contribution >= 4 is 68.4 Å². The number of thioether (sulfide) groups is 1. The summed E-state index contributed by atoms with van der Waals surface area (Å²) in [5, 5.41) is 13.4. The molecule has 0 radical (unpaired) electrons. The minimum Gasteiger partial charge on any atom is -0.351 e. The van der Waals surface area contributed by atoms with Gasteiger partial charge in [0.25, 0.3) is 5.91 Å². The number of nitrogens with one attached hydrogen (secondary N) is 1. The van der Waals surface area contributed by atoms with Crippen LogP contribution in [-0.4, -0.2) is 23.6 Å². The van der Waals surface area contributed by atoms with Gasteiger partial charge in [0, 0.05) is 16.7 Å². The quantitative estimate of drug-likeness (QED) is 0.247. The second-order valence-corrected chi connectivity index (χ2v) is 10.9. The molecule has 4 rings (SSSR count). The highest BCUT2D eigenvalue weighted by Gasteiger charge is 2.40. The normalized spacial score (nSPS) is 16.6. The molecule has 1 saturated heterocycles. The Labute approximate surface area is 232 Å². The van der Waals surface area contributed by atoms with Gasteiger partial charge in [-0.2, -0.15) is 5.26 Å². The zero-order valence-corrected chi connectivity index (χ0v) is 22.8. The van der Waals surface area contributed by atoms with Gasteiger partial charge in [-0.25, -0.2) is 0 Å². The van der Waals surface area contributed by atoms with Crippen LogP contribution >= 0.6 is 50.9 Å². The Morgan fingerprint density at radius 2 is 1.75 bits per heavy atom. The van der Waals surface area contributed by atoms with E-state index in [-0.39, 0.29) is 11.5 Å². The van der Waals surface area contributed by atoms with Gasteiger partial charge in [0.15, 0.2) is 0 Å². The number of benzene rings is 3. The second kappa shape index (κ2) is 12.0. The van der Waals surface area contributed by atoms with Crippen LogP contribution in [0.3, 0.4) is 0 Å². The lowest BCUT2D eigenvalue weighted by Crippen LogP contribution is -2.32. The van der Waals surface area contributed by atoms with E-state index in [1.807, 2.05) is 54.6 Å². The standard InChI is InChI=1S/C27H20BrCl2N3O2S/c28-19-7-9-20(10-8-19)33-26(35)24(15-18-6-11-22(29)23(30)14-18)36-27(33)21(16-31)25(34)32-13-12-17-4-2-1-3-5-17/h1-11,14,24H,12-13,15H2,(H,32,34)/b27-21-/t24-/m0/s1.